The van der Waals surface area contributed by atoms with Gasteiger partial charge in [0.15, 0.2) is 5.13 Å². The monoisotopic (exact) mass is 470 g/mol. The number of aromatic nitrogens is 2. The van der Waals surface area contributed by atoms with E-state index in [4.69, 9.17) is 4.98 Å². The average molecular weight is 471 g/mol. The molecule has 1 saturated heterocycles. The van der Waals surface area contributed by atoms with Crippen molar-refractivity contribution in [2.24, 2.45) is 0 Å². The van der Waals surface area contributed by atoms with E-state index >= 15 is 0 Å². The van der Waals surface area contributed by atoms with E-state index in [0.717, 1.165) is 26.9 Å². The predicted octanol–water partition coefficient (Wildman–Crippen LogP) is 4.81. The second kappa shape index (κ2) is 8.79. The van der Waals surface area contributed by atoms with Crippen LogP contribution in [0.3, 0.4) is 0 Å². The zero-order valence-corrected chi connectivity index (χ0v) is 19.6. The van der Waals surface area contributed by atoms with Crippen LogP contribution in [-0.4, -0.2) is 27.7 Å². The van der Waals surface area contributed by atoms with Gasteiger partial charge >= 0.3 is 0 Å². The van der Waals surface area contributed by atoms with Gasteiger partial charge in [-0.1, -0.05) is 23.5 Å². The van der Waals surface area contributed by atoms with Gasteiger partial charge in [-0.3, -0.25) is 29.2 Å². The highest BCUT2D eigenvalue weighted by atomic mass is 32.1. The second-order valence-electron chi connectivity index (χ2n) is 8.35. The van der Waals surface area contributed by atoms with Gasteiger partial charge in [-0.2, -0.15) is 0 Å². The Morgan fingerprint density at radius 2 is 1.79 bits per heavy atom. The fourth-order valence-electron chi connectivity index (χ4n) is 4.15. The number of thiazole rings is 1. The van der Waals surface area contributed by atoms with Gasteiger partial charge < -0.3 is 0 Å². The molecule has 0 unspecified atom stereocenters. The van der Waals surface area contributed by atoms with E-state index in [2.05, 4.69) is 17.1 Å². The molecule has 0 aliphatic carbocycles. The highest BCUT2D eigenvalue weighted by Gasteiger charge is 2.30. The maximum atomic E-state index is 13.7. The van der Waals surface area contributed by atoms with Crippen LogP contribution in [0.25, 0.3) is 10.2 Å². The number of carbonyl (C=O) groups excluding carboxylic acids is 3. The van der Waals surface area contributed by atoms with Crippen molar-refractivity contribution in [1.29, 1.82) is 0 Å². The van der Waals surface area contributed by atoms with Gasteiger partial charge in [-0.25, -0.2) is 4.98 Å². The summed E-state index contributed by atoms with van der Waals surface area (Å²) in [6, 6.07) is 14.5. The number of hydrogen-bond donors (Lipinski definition) is 0. The van der Waals surface area contributed by atoms with E-state index in [0.29, 0.717) is 22.9 Å². The standard InChI is InChI=1S/C26H22N4O3S/c1-16-12-17(2)24-21(13-16)34-26(28-24)29(15-18-4-3-11-27-14-18)25(33)19-5-7-20(8-6-19)30-22(31)9-10-23(30)32/h3-8,11-14H,9-10,15H2,1-2H3. The van der Waals surface area contributed by atoms with Crippen molar-refractivity contribution in [3.8, 4) is 0 Å². The zero-order valence-electron chi connectivity index (χ0n) is 18.8. The number of rotatable bonds is 5. The molecule has 1 aliphatic rings. The lowest BCUT2D eigenvalue weighted by Gasteiger charge is -2.20. The number of aryl methyl sites for hydroxylation is 2. The molecule has 0 N–H and O–H groups in total. The molecule has 1 aliphatic heterocycles. The first-order valence-electron chi connectivity index (χ1n) is 10.9. The first-order chi connectivity index (χ1) is 16.4. The summed E-state index contributed by atoms with van der Waals surface area (Å²) < 4.78 is 1.03. The number of fused-ring (bicyclic) bond motifs is 1. The minimum absolute atomic E-state index is 0.217. The number of nitrogens with zero attached hydrogens (tertiary/aromatic N) is 4. The van der Waals surface area contributed by atoms with Gasteiger partial charge in [0.25, 0.3) is 5.91 Å². The molecule has 0 saturated carbocycles. The van der Waals surface area contributed by atoms with Gasteiger partial charge in [0, 0.05) is 30.8 Å². The molecule has 1 fully saturated rings. The fraction of sp³-hybridized carbons (Fsp3) is 0.192. The van der Waals surface area contributed by atoms with Crippen molar-refractivity contribution in [2.75, 3.05) is 9.80 Å². The van der Waals surface area contributed by atoms with Crippen LogP contribution in [0.1, 0.15) is 39.9 Å². The van der Waals surface area contributed by atoms with Crippen molar-refractivity contribution < 1.29 is 14.4 Å². The van der Waals surface area contributed by atoms with E-state index in [1.165, 1.54) is 16.2 Å². The molecule has 8 heteroatoms. The minimum Gasteiger partial charge on any atom is -0.279 e. The maximum absolute atomic E-state index is 13.7. The van der Waals surface area contributed by atoms with Crippen molar-refractivity contribution in [3.63, 3.8) is 0 Å². The van der Waals surface area contributed by atoms with Crippen LogP contribution in [0, 0.1) is 13.8 Å². The summed E-state index contributed by atoms with van der Waals surface area (Å²) in [7, 11) is 0. The second-order valence-corrected chi connectivity index (χ2v) is 9.36. The Morgan fingerprint density at radius 3 is 2.47 bits per heavy atom. The summed E-state index contributed by atoms with van der Waals surface area (Å²) in [4.78, 5) is 49.6. The number of benzene rings is 2. The number of pyridine rings is 1. The molecule has 3 heterocycles. The first kappa shape index (κ1) is 21.9. The summed E-state index contributed by atoms with van der Waals surface area (Å²) in [6.07, 6.45) is 3.86. The Kier molecular flexibility index (Phi) is 5.67. The molecule has 0 radical (unpaired) electrons. The lowest BCUT2D eigenvalue weighted by Crippen LogP contribution is -2.31. The summed E-state index contributed by atoms with van der Waals surface area (Å²) in [6.45, 7) is 4.38. The molecule has 170 valence electrons. The van der Waals surface area contributed by atoms with Gasteiger partial charge in [-0.15, -0.1) is 0 Å². The minimum atomic E-state index is -0.220. The van der Waals surface area contributed by atoms with Crippen LogP contribution in [0.15, 0.2) is 60.9 Å². The molecular weight excluding hydrogens is 448 g/mol. The normalized spacial score (nSPS) is 13.6. The summed E-state index contributed by atoms with van der Waals surface area (Å²) in [5.41, 5.74) is 4.90. The molecule has 2 aromatic heterocycles. The number of carbonyl (C=O) groups is 3. The molecule has 5 rings (SSSR count). The van der Waals surface area contributed by atoms with Gasteiger partial charge in [0.1, 0.15) is 0 Å². The Labute approximate surface area is 200 Å². The molecule has 34 heavy (non-hydrogen) atoms. The van der Waals surface area contributed by atoms with Crippen LogP contribution in [0.4, 0.5) is 10.8 Å². The molecule has 0 bridgehead atoms. The van der Waals surface area contributed by atoms with E-state index in [1.807, 2.05) is 26.0 Å². The number of hydrogen-bond acceptors (Lipinski definition) is 6. The number of imide groups is 1. The largest absolute Gasteiger partial charge is 0.279 e. The van der Waals surface area contributed by atoms with Crippen molar-refractivity contribution in [3.05, 3.63) is 83.2 Å². The smallest absolute Gasteiger partial charge is 0.260 e. The Hall–Kier alpha value is -3.91. The van der Waals surface area contributed by atoms with E-state index in [9.17, 15) is 14.4 Å². The van der Waals surface area contributed by atoms with Crippen LogP contribution in [0.2, 0.25) is 0 Å². The van der Waals surface area contributed by atoms with Crippen molar-refractivity contribution >= 4 is 50.1 Å². The summed E-state index contributed by atoms with van der Waals surface area (Å²) in [5, 5.41) is 0.603. The highest BCUT2D eigenvalue weighted by molar-refractivity contribution is 7.22. The van der Waals surface area contributed by atoms with E-state index < -0.39 is 0 Å². The summed E-state index contributed by atoms with van der Waals surface area (Å²) >= 11 is 1.48. The SMILES string of the molecule is Cc1cc(C)c2nc(N(Cc3cccnc3)C(=O)c3ccc(N4C(=O)CCC4=O)cc3)sc2c1. The summed E-state index contributed by atoms with van der Waals surface area (Å²) in [5.74, 6) is -0.659. The fourth-order valence-corrected chi connectivity index (χ4v) is 5.29. The van der Waals surface area contributed by atoms with Gasteiger partial charge in [0.05, 0.1) is 22.4 Å². The molecule has 0 atom stereocenters. The molecule has 4 aromatic rings. The van der Waals surface area contributed by atoms with Crippen molar-refractivity contribution in [2.45, 2.75) is 33.2 Å². The van der Waals surface area contributed by atoms with Gasteiger partial charge in [-0.05, 0) is 66.9 Å². The molecule has 7 nitrogen and oxygen atoms in total. The number of anilines is 2. The molecule has 2 aromatic carbocycles. The quantitative estimate of drug-likeness (QED) is 0.391. The lowest BCUT2D eigenvalue weighted by atomic mass is 10.1. The third-order valence-electron chi connectivity index (χ3n) is 5.78. The van der Waals surface area contributed by atoms with Crippen LogP contribution >= 0.6 is 11.3 Å². The Morgan fingerprint density at radius 1 is 1.06 bits per heavy atom. The number of amides is 3. The van der Waals surface area contributed by atoms with Crippen LogP contribution in [-0.2, 0) is 16.1 Å². The highest BCUT2D eigenvalue weighted by Crippen LogP contribution is 2.33. The maximum Gasteiger partial charge on any atom is 0.260 e. The van der Waals surface area contributed by atoms with E-state index in [1.54, 1.807) is 41.6 Å². The molecule has 3 amide bonds. The average Bonchev–Trinajstić information content (AvgIpc) is 3.40. The van der Waals surface area contributed by atoms with Crippen LogP contribution < -0.4 is 9.80 Å². The van der Waals surface area contributed by atoms with E-state index in [-0.39, 0.29) is 30.6 Å². The topological polar surface area (TPSA) is 83.5 Å². The lowest BCUT2D eigenvalue weighted by molar-refractivity contribution is -0.121. The Bertz CT molecular complexity index is 1400. The first-order valence-corrected chi connectivity index (χ1v) is 11.8. The molecular formula is C26H22N4O3S. The Balaban J connectivity index is 1.51. The van der Waals surface area contributed by atoms with Crippen LogP contribution in [0.5, 0.6) is 0 Å². The molecule has 0 spiro atoms. The van der Waals surface area contributed by atoms with Crippen molar-refractivity contribution in [1.82, 2.24) is 9.97 Å². The third-order valence-corrected chi connectivity index (χ3v) is 6.81. The predicted molar refractivity (Wildman–Crippen MR) is 132 cm³/mol. The third kappa shape index (κ3) is 4.08. The zero-order chi connectivity index (χ0) is 23.8. The van der Waals surface area contributed by atoms with Gasteiger partial charge in [0.2, 0.25) is 11.8 Å².